The van der Waals surface area contributed by atoms with Gasteiger partial charge in [0, 0.05) is 30.0 Å². The van der Waals surface area contributed by atoms with Crippen molar-refractivity contribution in [3.05, 3.63) is 65.6 Å². The number of rotatable bonds is 4. The minimum absolute atomic E-state index is 0.0794. The minimum atomic E-state index is -0.0794. The minimum Gasteiger partial charge on any atom is -0.337 e. The van der Waals surface area contributed by atoms with Crippen LogP contribution in [-0.4, -0.2) is 43.4 Å². The number of para-hydroxylation sites is 2. The summed E-state index contributed by atoms with van der Waals surface area (Å²) in [4.78, 5) is 28.1. The van der Waals surface area contributed by atoms with Crippen LogP contribution in [0.5, 0.6) is 0 Å². The number of carbonyl (C=O) groups is 1. The van der Waals surface area contributed by atoms with Gasteiger partial charge in [0.1, 0.15) is 5.69 Å². The van der Waals surface area contributed by atoms with Crippen LogP contribution in [0.25, 0.3) is 28.2 Å². The Morgan fingerprint density at radius 2 is 1.81 bits per heavy atom. The first-order valence-electron chi connectivity index (χ1n) is 10.7. The Balaban J connectivity index is 1.57. The van der Waals surface area contributed by atoms with E-state index in [1.807, 2.05) is 71.2 Å². The Morgan fingerprint density at radius 1 is 1.06 bits per heavy atom. The summed E-state index contributed by atoms with van der Waals surface area (Å²) in [5.41, 5.74) is 3.27. The number of halogens is 1. The number of amides is 1. The lowest BCUT2D eigenvalue weighted by Crippen LogP contribution is -2.39. The summed E-state index contributed by atoms with van der Waals surface area (Å²) in [6, 6.07) is 15.5. The number of carbonyl (C=O) groups excluding carboxylic acids is 1. The maximum absolute atomic E-state index is 13.5. The van der Waals surface area contributed by atoms with E-state index in [9.17, 15) is 4.79 Å². The first-order chi connectivity index (χ1) is 15.1. The standard InChI is InChI=1S/C24H24ClN5O/c1-29(17-7-3-2-4-8-17)24(31)23-28-21(15-30(23)18-13-11-16(25)12-14-18)22-26-19-9-5-6-10-20(19)27-22/h5-6,9-15,17H,2-4,7-8H2,1H3,(H,26,27). The average Bonchev–Trinajstić information content (AvgIpc) is 3.44. The number of nitrogens with zero attached hydrogens (tertiary/aromatic N) is 4. The lowest BCUT2D eigenvalue weighted by atomic mass is 9.94. The van der Waals surface area contributed by atoms with Crippen molar-refractivity contribution in [1.82, 2.24) is 24.4 Å². The van der Waals surface area contributed by atoms with Crippen LogP contribution in [0.4, 0.5) is 0 Å². The number of benzene rings is 2. The van der Waals surface area contributed by atoms with Crippen molar-refractivity contribution in [2.75, 3.05) is 7.05 Å². The van der Waals surface area contributed by atoms with E-state index in [1.165, 1.54) is 6.42 Å². The van der Waals surface area contributed by atoms with Crippen molar-refractivity contribution < 1.29 is 4.79 Å². The van der Waals surface area contributed by atoms with E-state index < -0.39 is 0 Å². The Hall–Kier alpha value is -3.12. The Labute approximate surface area is 185 Å². The topological polar surface area (TPSA) is 66.8 Å². The first kappa shape index (κ1) is 19.8. The molecule has 0 aliphatic heterocycles. The molecule has 7 heteroatoms. The van der Waals surface area contributed by atoms with Crippen LogP contribution in [0.15, 0.2) is 54.7 Å². The first-order valence-corrected chi connectivity index (χ1v) is 11.1. The van der Waals surface area contributed by atoms with Crippen LogP contribution in [0.3, 0.4) is 0 Å². The summed E-state index contributed by atoms with van der Waals surface area (Å²) in [5, 5.41) is 0.647. The zero-order valence-corrected chi connectivity index (χ0v) is 18.1. The van der Waals surface area contributed by atoms with Crippen molar-refractivity contribution in [3.8, 4) is 17.2 Å². The van der Waals surface area contributed by atoms with Crippen molar-refractivity contribution in [2.45, 2.75) is 38.1 Å². The number of hydrogen-bond donors (Lipinski definition) is 1. The van der Waals surface area contributed by atoms with E-state index in [-0.39, 0.29) is 11.9 Å². The van der Waals surface area contributed by atoms with E-state index in [0.717, 1.165) is 42.4 Å². The van der Waals surface area contributed by atoms with Crippen LogP contribution in [0.2, 0.25) is 5.02 Å². The molecule has 1 amide bonds. The molecule has 158 valence electrons. The number of H-pyrrole nitrogens is 1. The van der Waals surface area contributed by atoms with E-state index in [2.05, 4.69) is 9.97 Å². The molecule has 1 aliphatic rings. The normalized spacial score (nSPS) is 14.8. The fourth-order valence-electron chi connectivity index (χ4n) is 4.31. The van der Waals surface area contributed by atoms with Gasteiger partial charge in [-0.2, -0.15) is 0 Å². The highest BCUT2D eigenvalue weighted by atomic mass is 35.5. The Morgan fingerprint density at radius 3 is 2.55 bits per heavy atom. The Bertz CT molecular complexity index is 1190. The summed E-state index contributed by atoms with van der Waals surface area (Å²) in [6.45, 7) is 0. The van der Waals surface area contributed by atoms with Crippen LogP contribution in [-0.2, 0) is 0 Å². The van der Waals surface area contributed by atoms with Crippen molar-refractivity contribution in [3.63, 3.8) is 0 Å². The molecule has 4 aromatic rings. The van der Waals surface area contributed by atoms with Crippen molar-refractivity contribution >= 4 is 28.5 Å². The van der Waals surface area contributed by atoms with Gasteiger partial charge >= 0.3 is 0 Å². The fourth-order valence-corrected chi connectivity index (χ4v) is 4.44. The summed E-state index contributed by atoms with van der Waals surface area (Å²) in [7, 11) is 1.89. The average molecular weight is 434 g/mol. The van der Waals surface area contributed by atoms with Gasteiger partial charge in [0.25, 0.3) is 5.91 Å². The van der Waals surface area contributed by atoms with Crippen molar-refractivity contribution in [2.24, 2.45) is 0 Å². The van der Waals surface area contributed by atoms with E-state index >= 15 is 0 Å². The van der Waals surface area contributed by atoms with Crippen molar-refractivity contribution in [1.29, 1.82) is 0 Å². The zero-order valence-electron chi connectivity index (χ0n) is 17.4. The SMILES string of the molecule is CN(C(=O)c1nc(-c2nc3ccccc3[nH]2)cn1-c1ccc(Cl)cc1)C1CCCCC1. The van der Waals surface area contributed by atoms with Crippen LogP contribution < -0.4 is 0 Å². The second-order valence-corrected chi connectivity index (χ2v) is 8.54. The molecule has 1 saturated carbocycles. The van der Waals surface area contributed by atoms with Crippen LogP contribution in [0, 0.1) is 0 Å². The molecule has 0 atom stereocenters. The molecule has 1 fully saturated rings. The van der Waals surface area contributed by atoms with E-state index in [1.54, 1.807) is 0 Å². The van der Waals surface area contributed by atoms with Gasteiger partial charge in [-0.3, -0.25) is 9.36 Å². The zero-order chi connectivity index (χ0) is 21.4. The third-order valence-corrected chi connectivity index (χ3v) is 6.33. The maximum Gasteiger partial charge on any atom is 0.290 e. The molecule has 2 heterocycles. The van der Waals surface area contributed by atoms with Gasteiger partial charge in [-0.25, -0.2) is 9.97 Å². The second-order valence-electron chi connectivity index (χ2n) is 8.11. The lowest BCUT2D eigenvalue weighted by Gasteiger charge is -2.31. The number of hydrogen-bond acceptors (Lipinski definition) is 3. The third-order valence-electron chi connectivity index (χ3n) is 6.08. The molecule has 0 bridgehead atoms. The van der Waals surface area contributed by atoms with Crippen LogP contribution >= 0.6 is 11.6 Å². The molecule has 6 nitrogen and oxygen atoms in total. The summed E-state index contributed by atoms with van der Waals surface area (Å²) >= 11 is 6.08. The van der Waals surface area contributed by atoms with Gasteiger partial charge in [-0.15, -0.1) is 0 Å². The highest BCUT2D eigenvalue weighted by Gasteiger charge is 2.27. The van der Waals surface area contributed by atoms with E-state index in [4.69, 9.17) is 16.6 Å². The Kier molecular flexibility index (Phi) is 5.24. The number of imidazole rings is 2. The largest absolute Gasteiger partial charge is 0.337 e. The number of aromatic amines is 1. The molecular formula is C24H24ClN5O. The molecule has 31 heavy (non-hydrogen) atoms. The van der Waals surface area contributed by atoms with Gasteiger partial charge < -0.3 is 9.88 Å². The predicted molar refractivity (Wildman–Crippen MR) is 123 cm³/mol. The molecule has 5 rings (SSSR count). The molecule has 1 N–H and O–H groups in total. The predicted octanol–water partition coefficient (Wildman–Crippen LogP) is 5.47. The molecule has 0 saturated heterocycles. The monoisotopic (exact) mass is 433 g/mol. The second kappa shape index (κ2) is 8.19. The molecule has 1 aliphatic carbocycles. The number of aromatic nitrogens is 4. The molecule has 0 radical (unpaired) electrons. The summed E-state index contributed by atoms with van der Waals surface area (Å²) < 4.78 is 1.83. The van der Waals surface area contributed by atoms with Gasteiger partial charge in [-0.05, 0) is 49.2 Å². The van der Waals surface area contributed by atoms with Gasteiger partial charge in [0.15, 0.2) is 5.82 Å². The lowest BCUT2D eigenvalue weighted by molar-refractivity contribution is 0.0682. The fraction of sp³-hybridized carbons (Fsp3) is 0.292. The van der Waals surface area contributed by atoms with Gasteiger partial charge in [0.05, 0.1) is 11.0 Å². The van der Waals surface area contributed by atoms with Gasteiger partial charge in [-0.1, -0.05) is 43.0 Å². The van der Waals surface area contributed by atoms with E-state index in [0.29, 0.717) is 22.4 Å². The molecule has 0 spiro atoms. The molecule has 2 aromatic carbocycles. The molecular weight excluding hydrogens is 410 g/mol. The highest BCUT2D eigenvalue weighted by Crippen LogP contribution is 2.26. The molecule has 0 unspecified atom stereocenters. The summed E-state index contributed by atoms with van der Waals surface area (Å²) in [6.07, 6.45) is 7.52. The number of nitrogens with one attached hydrogen (secondary N) is 1. The third kappa shape index (κ3) is 3.83. The maximum atomic E-state index is 13.5. The smallest absolute Gasteiger partial charge is 0.290 e. The number of fused-ring (bicyclic) bond motifs is 1. The van der Waals surface area contributed by atoms with Gasteiger partial charge in [0.2, 0.25) is 5.82 Å². The quantitative estimate of drug-likeness (QED) is 0.463. The van der Waals surface area contributed by atoms with Crippen LogP contribution in [0.1, 0.15) is 42.7 Å². The highest BCUT2D eigenvalue weighted by molar-refractivity contribution is 6.30. The summed E-state index contributed by atoms with van der Waals surface area (Å²) in [5.74, 6) is 0.943. The molecule has 2 aromatic heterocycles.